The molecule has 2 N–H and O–H groups in total. The van der Waals surface area contributed by atoms with Gasteiger partial charge in [-0.2, -0.15) is 0 Å². The van der Waals surface area contributed by atoms with Crippen LogP contribution in [0.25, 0.3) is 0 Å². The van der Waals surface area contributed by atoms with Gasteiger partial charge in [-0.1, -0.05) is 0 Å². The monoisotopic (exact) mass is 289 g/mol. The molecule has 0 unspecified atom stereocenters. The Morgan fingerprint density at radius 3 is 2.37 bits per heavy atom. The summed E-state index contributed by atoms with van der Waals surface area (Å²) in [7, 11) is 1.68. The molecule has 1 aromatic rings. The molecule has 19 heavy (non-hydrogen) atoms. The van der Waals surface area contributed by atoms with Crippen LogP contribution in [-0.4, -0.2) is 51.9 Å². The fourth-order valence-corrected chi connectivity index (χ4v) is 2.95. The number of halogens is 1. The maximum absolute atomic E-state index is 12.9. The van der Waals surface area contributed by atoms with Gasteiger partial charge in [0.2, 0.25) is 10.0 Å². The first kappa shape index (κ1) is 15.9. The van der Waals surface area contributed by atoms with Crippen molar-refractivity contribution < 1.29 is 12.8 Å². The zero-order valence-corrected chi connectivity index (χ0v) is 12.2. The lowest BCUT2D eigenvalue weighted by Crippen LogP contribution is -2.30. The van der Waals surface area contributed by atoms with Gasteiger partial charge < -0.3 is 10.6 Å². The van der Waals surface area contributed by atoms with Gasteiger partial charge in [-0.25, -0.2) is 17.1 Å². The number of hydrogen-bond donors (Lipinski definition) is 1. The van der Waals surface area contributed by atoms with Gasteiger partial charge in [0.1, 0.15) is 10.7 Å². The van der Waals surface area contributed by atoms with Crippen LogP contribution in [-0.2, 0) is 10.0 Å². The van der Waals surface area contributed by atoms with Crippen LogP contribution in [0.4, 0.5) is 10.1 Å². The number of hydrogen-bond acceptors (Lipinski definition) is 4. The summed E-state index contributed by atoms with van der Waals surface area (Å²) >= 11 is 0. The zero-order valence-electron chi connectivity index (χ0n) is 11.4. The van der Waals surface area contributed by atoms with E-state index in [4.69, 9.17) is 5.73 Å². The molecule has 0 spiro atoms. The standard InChI is InChI=1S/C12H20FN3O2S/c1-15(2)7-4-8-16(3)19(17,18)12-6-5-10(13)9-11(12)14/h5-6,9H,4,7-8,14H2,1-3H3. The SMILES string of the molecule is CN(C)CCCN(C)S(=O)(=O)c1ccc(F)cc1N. The first-order chi connectivity index (χ1) is 8.75. The van der Waals surface area contributed by atoms with Crippen LogP contribution in [0, 0.1) is 5.82 Å². The van der Waals surface area contributed by atoms with E-state index in [1.165, 1.54) is 17.4 Å². The maximum Gasteiger partial charge on any atom is 0.244 e. The van der Waals surface area contributed by atoms with E-state index in [1.807, 2.05) is 19.0 Å². The van der Waals surface area contributed by atoms with Crippen LogP contribution in [0.15, 0.2) is 23.1 Å². The lowest BCUT2D eigenvalue weighted by Gasteiger charge is -2.19. The van der Waals surface area contributed by atoms with Crippen molar-refractivity contribution in [3.05, 3.63) is 24.0 Å². The number of benzene rings is 1. The minimum absolute atomic E-state index is 0.0544. The molecule has 0 aliphatic carbocycles. The molecular weight excluding hydrogens is 269 g/mol. The summed E-state index contributed by atoms with van der Waals surface area (Å²) in [6.07, 6.45) is 0.712. The third-order valence-electron chi connectivity index (χ3n) is 2.74. The highest BCUT2D eigenvalue weighted by Gasteiger charge is 2.23. The van der Waals surface area contributed by atoms with Crippen LogP contribution in [0.2, 0.25) is 0 Å². The van der Waals surface area contributed by atoms with Crippen molar-refractivity contribution in [2.45, 2.75) is 11.3 Å². The van der Waals surface area contributed by atoms with Gasteiger partial charge in [0.05, 0.1) is 5.69 Å². The Labute approximate surface area is 113 Å². The van der Waals surface area contributed by atoms with Crippen LogP contribution in [0.1, 0.15) is 6.42 Å². The molecule has 1 rings (SSSR count). The number of sulfonamides is 1. The quantitative estimate of drug-likeness (QED) is 0.793. The van der Waals surface area contributed by atoms with Crippen molar-refractivity contribution in [1.82, 2.24) is 9.21 Å². The van der Waals surface area contributed by atoms with Gasteiger partial charge in [0, 0.05) is 13.6 Å². The predicted molar refractivity (Wildman–Crippen MR) is 73.8 cm³/mol. The largest absolute Gasteiger partial charge is 0.398 e. The van der Waals surface area contributed by atoms with E-state index in [9.17, 15) is 12.8 Å². The van der Waals surface area contributed by atoms with Crippen molar-refractivity contribution in [3.8, 4) is 0 Å². The molecule has 108 valence electrons. The molecule has 0 aromatic heterocycles. The van der Waals surface area contributed by atoms with Crippen molar-refractivity contribution in [1.29, 1.82) is 0 Å². The highest BCUT2D eigenvalue weighted by molar-refractivity contribution is 7.89. The molecule has 0 saturated carbocycles. The fourth-order valence-electron chi connectivity index (χ4n) is 1.65. The Balaban J connectivity index is 2.85. The molecule has 0 radical (unpaired) electrons. The van der Waals surface area contributed by atoms with E-state index in [0.29, 0.717) is 13.0 Å². The van der Waals surface area contributed by atoms with E-state index in [-0.39, 0.29) is 10.6 Å². The summed E-state index contributed by atoms with van der Waals surface area (Å²) in [4.78, 5) is 1.92. The second kappa shape index (κ2) is 6.31. The summed E-state index contributed by atoms with van der Waals surface area (Å²) in [5, 5.41) is 0. The Morgan fingerprint density at radius 1 is 1.21 bits per heavy atom. The summed E-state index contributed by atoms with van der Waals surface area (Å²) in [5.41, 5.74) is 5.50. The van der Waals surface area contributed by atoms with E-state index < -0.39 is 15.8 Å². The van der Waals surface area contributed by atoms with E-state index in [2.05, 4.69) is 0 Å². The minimum atomic E-state index is -3.66. The summed E-state index contributed by atoms with van der Waals surface area (Å²) < 4.78 is 38.7. The molecular formula is C12H20FN3O2S. The average Bonchev–Trinajstić information content (AvgIpc) is 2.27. The minimum Gasteiger partial charge on any atom is -0.398 e. The zero-order chi connectivity index (χ0) is 14.6. The van der Waals surface area contributed by atoms with Crippen molar-refractivity contribution >= 4 is 15.7 Å². The lowest BCUT2D eigenvalue weighted by atomic mass is 10.3. The van der Waals surface area contributed by atoms with Gasteiger partial charge in [-0.05, 0) is 45.3 Å². The first-order valence-corrected chi connectivity index (χ1v) is 7.35. The first-order valence-electron chi connectivity index (χ1n) is 5.91. The Bertz CT molecular complexity index is 532. The van der Waals surface area contributed by atoms with Gasteiger partial charge in [-0.15, -0.1) is 0 Å². The van der Waals surface area contributed by atoms with E-state index in [1.54, 1.807) is 0 Å². The molecule has 0 bridgehead atoms. The van der Waals surface area contributed by atoms with E-state index in [0.717, 1.165) is 18.7 Å². The van der Waals surface area contributed by atoms with Gasteiger partial charge >= 0.3 is 0 Å². The molecule has 0 fully saturated rings. The molecule has 7 heteroatoms. The predicted octanol–water partition coefficient (Wildman–Crippen LogP) is 0.980. The van der Waals surface area contributed by atoms with Crippen molar-refractivity contribution in [2.75, 3.05) is 40.0 Å². The summed E-state index contributed by atoms with van der Waals surface area (Å²) in [6.45, 7) is 1.18. The number of anilines is 1. The molecule has 0 amide bonds. The fraction of sp³-hybridized carbons (Fsp3) is 0.500. The smallest absolute Gasteiger partial charge is 0.244 e. The molecule has 0 atom stereocenters. The van der Waals surface area contributed by atoms with Gasteiger partial charge in [-0.3, -0.25) is 0 Å². The molecule has 0 saturated heterocycles. The molecule has 5 nitrogen and oxygen atoms in total. The van der Waals surface area contributed by atoms with Crippen LogP contribution in [0.3, 0.4) is 0 Å². The van der Waals surface area contributed by atoms with E-state index >= 15 is 0 Å². The third kappa shape index (κ3) is 4.15. The molecule has 0 aliphatic rings. The third-order valence-corrected chi connectivity index (χ3v) is 4.67. The summed E-state index contributed by atoms with van der Waals surface area (Å²) in [6, 6.07) is 3.31. The van der Waals surface area contributed by atoms with Gasteiger partial charge in [0.25, 0.3) is 0 Å². The average molecular weight is 289 g/mol. The Morgan fingerprint density at radius 2 is 1.84 bits per heavy atom. The topological polar surface area (TPSA) is 66.6 Å². The molecule has 0 heterocycles. The number of nitrogen functional groups attached to an aromatic ring is 1. The summed E-state index contributed by atoms with van der Waals surface area (Å²) in [5.74, 6) is -0.549. The highest BCUT2D eigenvalue weighted by Crippen LogP contribution is 2.22. The highest BCUT2D eigenvalue weighted by atomic mass is 32.2. The number of nitrogens with two attached hydrogens (primary N) is 1. The Kier molecular flexibility index (Phi) is 5.28. The van der Waals surface area contributed by atoms with Crippen LogP contribution < -0.4 is 5.73 Å². The molecule has 0 aliphatic heterocycles. The van der Waals surface area contributed by atoms with Gasteiger partial charge in [0.15, 0.2) is 0 Å². The lowest BCUT2D eigenvalue weighted by molar-refractivity contribution is 0.370. The van der Waals surface area contributed by atoms with Crippen molar-refractivity contribution in [2.24, 2.45) is 0 Å². The molecule has 1 aromatic carbocycles. The maximum atomic E-state index is 12.9. The normalized spacial score (nSPS) is 12.3. The second-order valence-corrected chi connectivity index (χ2v) is 6.68. The van der Waals surface area contributed by atoms with Crippen LogP contribution in [0.5, 0.6) is 0 Å². The number of nitrogens with zero attached hydrogens (tertiary/aromatic N) is 2. The second-order valence-electron chi connectivity index (χ2n) is 4.67. The van der Waals surface area contributed by atoms with Crippen molar-refractivity contribution in [3.63, 3.8) is 0 Å². The van der Waals surface area contributed by atoms with Crippen LogP contribution >= 0.6 is 0 Å². The Hall–Kier alpha value is -1.18. The number of rotatable bonds is 6.